The molecule has 3 N–H and O–H groups in total. The molecule has 0 aliphatic carbocycles. The van der Waals surface area contributed by atoms with E-state index >= 15 is 0 Å². The number of nitrogens with one attached hydrogen (secondary N) is 3. The summed E-state index contributed by atoms with van der Waals surface area (Å²) in [6.45, 7) is 11.7. The lowest BCUT2D eigenvalue weighted by molar-refractivity contribution is -0.140. The molecule has 1 unspecified atom stereocenters. The van der Waals surface area contributed by atoms with Gasteiger partial charge in [0.2, 0.25) is 21.8 Å². The van der Waals surface area contributed by atoms with E-state index in [-0.39, 0.29) is 29.2 Å². The Kier molecular flexibility index (Phi) is 11.8. The van der Waals surface area contributed by atoms with Gasteiger partial charge >= 0.3 is 0 Å². The van der Waals surface area contributed by atoms with Gasteiger partial charge in [0, 0.05) is 17.5 Å². The van der Waals surface area contributed by atoms with Crippen molar-refractivity contribution in [1.29, 1.82) is 0 Å². The number of nitrogens with zero attached hydrogens (tertiary/aromatic N) is 1. The first-order valence-corrected chi connectivity index (χ1v) is 16.0. The Labute approximate surface area is 245 Å². The van der Waals surface area contributed by atoms with Gasteiger partial charge in [-0.1, -0.05) is 71.0 Å². The molecule has 1 saturated heterocycles. The van der Waals surface area contributed by atoms with Crippen LogP contribution in [0.4, 0.5) is 0 Å². The van der Waals surface area contributed by atoms with Crippen LogP contribution >= 0.6 is 12.6 Å². The van der Waals surface area contributed by atoms with Crippen LogP contribution in [0.15, 0.2) is 42.0 Å². The number of thiol groups is 1. The lowest BCUT2D eigenvalue weighted by Gasteiger charge is -2.39. The summed E-state index contributed by atoms with van der Waals surface area (Å²) >= 11 is 4.02. The summed E-state index contributed by atoms with van der Waals surface area (Å²) in [5.41, 5.74) is 0.0682. The van der Waals surface area contributed by atoms with Crippen molar-refractivity contribution in [3.05, 3.63) is 47.5 Å². The molecule has 0 aromatic heterocycles. The highest BCUT2D eigenvalue weighted by Crippen LogP contribution is 2.30. The zero-order valence-electron chi connectivity index (χ0n) is 24.8. The number of carbonyl (C=O) groups is 3. The van der Waals surface area contributed by atoms with Crippen LogP contribution in [0.25, 0.3) is 0 Å². The highest BCUT2D eigenvalue weighted by atomic mass is 32.2. The van der Waals surface area contributed by atoms with Gasteiger partial charge in [-0.15, -0.1) is 0 Å². The zero-order chi connectivity index (χ0) is 30.3. The van der Waals surface area contributed by atoms with Gasteiger partial charge in [0.1, 0.15) is 6.04 Å². The molecule has 224 valence electrons. The fourth-order valence-electron chi connectivity index (χ4n) is 5.03. The quantitative estimate of drug-likeness (QED) is 0.218. The van der Waals surface area contributed by atoms with Crippen LogP contribution in [0.5, 0.6) is 0 Å². The molecule has 0 saturated carbocycles. The van der Waals surface area contributed by atoms with Gasteiger partial charge in [-0.3, -0.25) is 14.4 Å². The van der Waals surface area contributed by atoms with Gasteiger partial charge in [-0.2, -0.15) is 12.6 Å². The van der Waals surface area contributed by atoms with Gasteiger partial charge < -0.3 is 15.5 Å². The van der Waals surface area contributed by atoms with Crippen molar-refractivity contribution in [2.45, 2.75) is 84.3 Å². The van der Waals surface area contributed by atoms with Crippen molar-refractivity contribution in [3.63, 3.8) is 0 Å². The molecule has 40 heavy (non-hydrogen) atoms. The second kappa shape index (κ2) is 14.0. The lowest BCUT2D eigenvalue weighted by atomic mass is 9.76. The predicted octanol–water partition coefficient (Wildman–Crippen LogP) is 2.79. The number of rotatable bonds is 12. The van der Waals surface area contributed by atoms with Crippen LogP contribution in [0.1, 0.15) is 66.4 Å². The third kappa shape index (κ3) is 8.81. The Hall–Kier alpha value is -2.37. The molecule has 0 spiro atoms. The third-order valence-electron chi connectivity index (χ3n) is 7.39. The highest BCUT2D eigenvalue weighted by Gasteiger charge is 2.42. The minimum Gasteiger partial charge on any atom is -0.342 e. The maximum atomic E-state index is 13.9. The molecule has 1 aromatic rings. The zero-order valence-corrected chi connectivity index (χ0v) is 26.5. The Morgan fingerprint density at radius 2 is 1.73 bits per heavy atom. The van der Waals surface area contributed by atoms with Crippen LogP contribution in [0, 0.1) is 5.41 Å². The van der Waals surface area contributed by atoms with Crippen LogP contribution in [0.2, 0.25) is 0 Å². The average Bonchev–Trinajstić information content (AvgIpc) is 3.33. The number of likely N-dealkylation sites (tertiary alicyclic amines) is 1. The van der Waals surface area contributed by atoms with Gasteiger partial charge in [0.15, 0.2) is 0 Å². The molecule has 1 fully saturated rings. The summed E-state index contributed by atoms with van der Waals surface area (Å²) in [6.07, 6.45) is 3.34. The summed E-state index contributed by atoms with van der Waals surface area (Å²) in [7, 11) is -2.03. The molecule has 11 heteroatoms. The van der Waals surface area contributed by atoms with Crippen molar-refractivity contribution < 1.29 is 22.8 Å². The maximum absolute atomic E-state index is 13.9. The highest BCUT2D eigenvalue weighted by molar-refractivity contribution is 7.90. The van der Waals surface area contributed by atoms with E-state index in [1.165, 1.54) is 6.92 Å². The van der Waals surface area contributed by atoms with Gasteiger partial charge in [0.25, 0.3) is 5.91 Å². The van der Waals surface area contributed by atoms with Crippen LogP contribution in [0.3, 0.4) is 0 Å². The Morgan fingerprint density at radius 3 is 2.27 bits per heavy atom. The standard InChI is InChI=1S/C29H46N4O5S2/c1-20(25(34)32-40(37,38)18-12-17-39)19-22-15-11-16-33(22)27(36)24(28(2,3)4)31-26(35)23(30-7)29(5,6)21-13-9-8-10-14-21/h8-10,13-14,19,22-24,30,39H,11-12,15-18H2,1-7H3,(H,31,35)(H,32,34)/b20-19+/t22-,23+,24?/m0/s1. The van der Waals surface area contributed by atoms with E-state index in [9.17, 15) is 22.8 Å². The van der Waals surface area contributed by atoms with Crippen molar-refractivity contribution in [2.75, 3.05) is 25.1 Å². The van der Waals surface area contributed by atoms with E-state index < -0.39 is 38.8 Å². The number of benzene rings is 1. The molecule has 3 amide bonds. The molecule has 9 nitrogen and oxygen atoms in total. The van der Waals surface area contributed by atoms with Crippen molar-refractivity contribution in [1.82, 2.24) is 20.3 Å². The smallest absolute Gasteiger partial charge is 0.260 e. The van der Waals surface area contributed by atoms with Gasteiger partial charge in [-0.05, 0) is 50.0 Å². The minimum atomic E-state index is -3.76. The first kappa shape index (κ1) is 33.8. The summed E-state index contributed by atoms with van der Waals surface area (Å²) < 4.78 is 26.4. The second-order valence-corrected chi connectivity index (χ2v) is 14.3. The van der Waals surface area contributed by atoms with E-state index in [1.54, 1.807) is 18.0 Å². The Morgan fingerprint density at radius 1 is 1.10 bits per heavy atom. The van der Waals surface area contributed by atoms with E-state index in [0.717, 1.165) is 12.0 Å². The number of carbonyl (C=O) groups excluding carboxylic acids is 3. The number of hydrogen-bond donors (Lipinski definition) is 4. The van der Waals surface area contributed by atoms with Crippen molar-refractivity contribution in [3.8, 4) is 0 Å². The topological polar surface area (TPSA) is 125 Å². The monoisotopic (exact) mass is 594 g/mol. The molecule has 1 aliphatic rings. The Bertz CT molecular complexity index is 1180. The molecular formula is C29H46N4O5S2. The van der Waals surface area contributed by atoms with Crippen molar-refractivity contribution in [2.24, 2.45) is 5.41 Å². The lowest BCUT2D eigenvalue weighted by Crippen LogP contribution is -2.61. The predicted molar refractivity (Wildman–Crippen MR) is 163 cm³/mol. The summed E-state index contributed by atoms with van der Waals surface area (Å²) in [5, 5.41) is 6.17. The summed E-state index contributed by atoms with van der Waals surface area (Å²) in [6, 6.07) is 7.96. The number of amides is 3. The molecule has 1 aromatic carbocycles. The third-order valence-corrected chi connectivity index (χ3v) is 9.03. The van der Waals surface area contributed by atoms with Gasteiger partial charge in [-0.25, -0.2) is 13.1 Å². The summed E-state index contributed by atoms with van der Waals surface area (Å²) in [4.78, 5) is 41.9. The molecular weight excluding hydrogens is 548 g/mol. The minimum absolute atomic E-state index is 0.189. The normalized spacial score (nSPS) is 18.2. The Balaban J connectivity index is 2.25. The summed E-state index contributed by atoms with van der Waals surface area (Å²) in [5.74, 6) is -1.02. The van der Waals surface area contributed by atoms with E-state index in [0.29, 0.717) is 25.1 Å². The van der Waals surface area contributed by atoms with E-state index in [1.807, 2.05) is 65.0 Å². The fourth-order valence-corrected chi connectivity index (χ4v) is 6.47. The first-order valence-electron chi connectivity index (χ1n) is 13.7. The fraction of sp³-hybridized carbons (Fsp3) is 0.621. The SMILES string of the molecule is CN[C@H](C(=O)NC(C(=O)N1CCC[C@H]1/C=C(\C)C(=O)NS(=O)(=O)CCCS)C(C)(C)C)C(C)(C)c1ccccc1. The number of likely N-dealkylation sites (N-methyl/N-ethyl adjacent to an activating group) is 1. The molecule has 2 rings (SSSR count). The molecule has 1 heterocycles. The molecule has 0 bridgehead atoms. The number of sulfonamides is 1. The average molecular weight is 595 g/mol. The van der Waals surface area contributed by atoms with Crippen LogP contribution in [-0.2, 0) is 29.8 Å². The largest absolute Gasteiger partial charge is 0.342 e. The second-order valence-electron chi connectivity index (χ2n) is 12.0. The van der Waals surface area contributed by atoms with E-state index in [4.69, 9.17) is 0 Å². The van der Waals surface area contributed by atoms with Crippen LogP contribution < -0.4 is 15.4 Å². The van der Waals surface area contributed by atoms with Crippen molar-refractivity contribution >= 4 is 40.4 Å². The first-order chi connectivity index (χ1) is 18.5. The van der Waals surface area contributed by atoms with Crippen LogP contribution in [-0.4, -0.2) is 74.3 Å². The molecule has 0 radical (unpaired) electrons. The molecule has 1 aliphatic heterocycles. The molecule has 3 atom stereocenters. The van der Waals surface area contributed by atoms with Gasteiger partial charge in [0.05, 0.1) is 17.8 Å². The number of hydrogen-bond acceptors (Lipinski definition) is 7. The van der Waals surface area contributed by atoms with E-state index in [2.05, 4.69) is 28.0 Å². The maximum Gasteiger partial charge on any atom is 0.260 e.